The van der Waals surface area contributed by atoms with E-state index >= 15 is 0 Å². The van der Waals surface area contributed by atoms with Gasteiger partial charge >= 0.3 is 12.4 Å². The highest BCUT2D eigenvalue weighted by Gasteiger charge is 2.38. The molecule has 1 rings (SSSR count). The molecule has 0 heterocycles. The number of hydrogen-bond acceptors (Lipinski definition) is 2. The maximum Gasteiger partial charge on any atom is 0.418 e. The van der Waals surface area contributed by atoms with E-state index in [-0.39, 0.29) is 12.6 Å². The second-order valence-corrected chi connectivity index (χ2v) is 4.44. The number of nitrogens with zero attached hydrogens (tertiary/aromatic N) is 1. The molecular weight excluding hydrogens is 324 g/mol. The number of hydrogen-bond donors (Lipinski definition) is 2. The van der Waals surface area contributed by atoms with Crippen molar-refractivity contribution < 1.29 is 26.3 Å². The Morgan fingerprint density at radius 1 is 1.17 bits per heavy atom. The van der Waals surface area contributed by atoms with Crippen LogP contribution in [0.5, 0.6) is 0 Å². The molecule has 0 atom stereocenters. The van der Waals surface area contributed by atoms with E-state index in [4.69, 9.17) is 0 Å². The lowest BCUT2D eigenvalue weighted by Gasteiger charge is -2.18. The van der Waals surface area contributed by atoms with Crippen LogP contribution in [0.3, 0.4) is 0 Å². The quantitative estimate of drug-likeness (QED) is 0.270. The molecule has 0 spiro atoms. The number of halogens is 6. The van der Waals surface area contributed by atoms with E-state index in [1.165, 1.54) is 6.08 Å². The Labute approximate surface area is 129 Å². The molecule has 0 bridgehead atoms. The number of rotatable bonds is 5. The fourth-order valence-corrected chi connectivity index (χ4v) is 1.62. The number of benzene rings is 1. The van der Waals surface area contributed by atoms with Crippen molar-refractivity contribution in [3.8, 4) is 0 Å². The van der Waals surface area contributed by atoms with Gasteiger partial charge in [-0.15, -0.1) is 6.58 Å². The minimum Gasteiger partial charge on any atom is -0.299 e. The number of aliphatic imine (C=N–C) groups is 1. The molecule has 0 aliphatic carbocycles. The van der Waals surface area contributed by atoms with Crippen LogP contribution in [0.4, 0.5) is 32.0 Å². The van der Waals surface area contributed by atoms with Gasteiger partial charge in [0, 0.05) is 6.42 Å². The van der Waals surface area contributed by atoms with Crippen LogP contribution in [-0.4, -0.2) is 12.4 Å². The summed E-state index contributed by atoms with van der Waals surface area (Å²) in [4.78, 5) is 3.99. The fraction of sp³-hybridized carbons (Fsp3) is 0.357. The fourth-order valence-electron chi connectivity index (χ4n) is 1.62. The Bertz CT molecular complexity index is 575. The average molecular weight is 339 g/mol. The highest BCUT2D eigenvalue weighted by atomic mass is 19.4. The average Bonchev–Trinajstić information content (AvgIpc) is 2.45. The highest BCUT2D eigenvalue weighted by molar-refractivity contribution is 5.83. The summed E-state index contributed by atoms with van der Waals surface area (Å²) >= 11 is 0. The summed E-state index contributed by atoms with van der Waals surface area (Å²) in [7, 11) is 0. The summed E-state index contributed by atoms with van der Waals surface area (Å²) in [6, 6.07) is 1.36. The molecule has 0 amide bonds. The molecule has 0 aliphatic heterocycles. The van der Waals surface area contributed by atoms with Gasteiger partial charge in [0.1, 0.15) is 5.84 Å². The van der Waals surface area contributed by atoms with Crippen molar-refractivity contribution >= 4 is 11.5 Å². The van der Waals surface area contributed by atoms with Crippen molar-refractivity contribution in [2.24, 2.45) is 4.99 Å². The highest BCUT2D eigenvalue weighted by Crippen LogP contribution is 2.39. The van der Waals surface area contributed by atoms with Crippen molar-refractivity contribution in [2.75, 3.05) is 12.0 Å². The van der Waals surface area contributed by atoms with Crippen LogP contribution in [0, 0.1) is 0 Å². The van der Waals surface area contributed by atoms with Gasteiger partial charge in [0.2, 0.25) is 0 Å². The van der Waals surface area contributed by atoms with Crippen molar-refractivity contribution in [1.29, 1.82) is 0 Å². The normalized spacial score (nSPS) is 12.9. The molecule has 0 unspecified atom stereocenters. The molecule has 3 nitrogen and oxygen atoms in total. The van der Waals surface area contributed by atoms with Crippen molar-refractivity contribution in [3.63, 3.8) is 0 Å². The zero-order valence-corrected chi connectivity index (χ0v) is 12.1. The van der Waals surface area contributed by atoms with E-state index in [0.29, 0.717) is 18.3 Å². The number of hydrazine groups is 1. The molecule has 0 saturated heterocycles. The summed E-state index contributed by atoms with van der Waals surface area (Å²) in [6.07, 6.45) is -7.90. The molecule has 0 saturated carbocycles. The Hall–Kier alpha value is -2.19. The molecular formula is C14H15F6N3. The van der Waals surface area contributed by atoms with Gasteiger partial charge in [0.15, 0.2) is 0 Å². The molecule has 9 heteroatoms. The van der Waals surface area contributed by atoms with Crippen molar-refractivity contribution in [3.05, 3.63) is 42.0 Å². The number of alkyl halides is 6. The van der Waals surface area contributed by atoms with Crippen LogP contribution in [0.15, 0.2) is 35.8 Å². The molecule has 1 aromatic carbocycles. The van der Waals surface area contributed by atoms with Crippen LogP contribution in [-0.2, 0) is 12.4 Å². The first-order valence-electron chi connectivity index (χ1n) is 6.54. The minimum atomic E-state index is -4.93. The molecule has 0 radical (unpaired) electrons. The van der Waals surface area contributed by atoms with Gasteiger partial charge in [-0.1, -0.05) is 13.0 Å². The summed E-state index contributed by atoms with van der Waals surface area (Å²) in [5.41, 5.74) is 1.41. The first-order chi connectivity index (χ1) is 10.6. The smallest absolute Gasteiger partial charge is 0.299 e. The van der Waals surface area contributed by atoms with Crippen LogP contribution >= 0.6 is 0 Å². The predicted molar refractivity (Wildman–Crippen MR) is 76.0 cm³/mol. The van der Waals surface area contributed by atoms with Gasteiger partial charge in [-0.25, -0.2) is 0 Å². The van der Waals surface area contributed by atoms with Gasteiger partial charge in [-0.3, -0.25) is 15.8 Å². The van der Waals surface area contributed by atoms with Crippen LogP contribution in [0.25, 0.3) is 0 Å². The van der Waals surface area contributed by atoms with Gasteiger partial charge < -0.3 is 0 Å². The van der Waals surface area contributed by atoms with Gasteiger partial charge in [-0.05, 0) is 18.2 Å². The van der Waals surface area contributed by atoms with E-state index in [0.717, 1.165) is 6.07 Å². The lowest BCUT2D eigenvalue weighted by molar-refractivity contribution is -0.142. The second-order valence-electron chi connectivity index (χ2n) is 4.44. The third-order valence-electron chi connectivity index (χ3n) is 2.74. The molecule has 0 fully saturated rings. The lowest BCUT2D eigenvalue weighted by atomic mass is 10.1. The van der Waals surface area contributed by atoms with Crippen LogP contribution < -0.4 is 10.9 Å². The van der Waals surface area contributed by atoms with E-state index in [2.05, 4.69) is 22.4 Å². The summed E-state index contributed by atoms with van der Waals surface area (Å²) in [5, 5.41) is 0. The lowest BCUT2D eigenvalue weighted by Crippen LogP contribution is -2.30. The Kier molecular flexibility index (Phi) is 6.05. The first kappa shape index (κ1) is 18.9. The van der Waals surface area contributed by atoms with E-state index in [1.54, 1.807) is 6.92 Å². The Morgan fingerprint density at radius 3 is 2.30 bits per heavy atom. The predicted octanol–water partition coefficient (Wildman–Crippen LogP) is 4.64. The second kappa shape index (κ2) is 7.38. The molecule has 23 heavy (non-hydrogen) atoms. The third kappa shape index (κ3) is 5.50. The van der Waals surface area contributed by atoms with E-state index in [9.17, 15) is 26.3 Å². The zero-order chi connectivity index (χ0) is 17.7. The SMILES string of the molecule is C=CCN=C(CC)NNc1ccc(C(F)(F)F)cc1C(F)(F)F. The Morgan fingerprint density at radius 2 is 1.83 bits per heavy atom. The largest absolute Gasteiger partial charge is 0.418 e. The third-order valence-corrected chi connectivity index (χ3v) is 2.74. The van der Waals surface area contributed by atoms with Crippen molar-refractivity contribution in [2.45, 2.75) is 25.7 Å². The standard InChI is InChI=1S/C14H15F6N3/c1-3-7-21-12(4-2)23-22-11-6-5-9(13(15,16)17)8-10(11)14(18,19)20/h3,5-6,8,22H,1,4,7H2,2H3,(H,21,23). The zero-order valence-electron chi connectivity index (χ0n) is 12.1. The Balaban J connectivity index is 3.09. The molecule has 2 N–H and O–H groups in total. The van der Waals surface area contributed by atoms with E-state index in [1.807, 2.05) is 0 Å². The summed E-state index contributed by atoms with van der Waals surface area (Å²) in [5.74, 6) is 0.345. The van der Waals surface area contributed by atoms with Gasteiger partial charge in [0.25, 0.3) is 0 Å². The number of amidine groups is 1. The van der Waals surface area contributed by atoms with Crippen LogP contribution in [0.2, 0.25) is 0 Å². The van der Waals surface area contributed by atoms with Gasteiger partial charge in [0.05, 0.1) is 23.4 Å². The molecule has 0 aromatic heterocycles. The molecule has 0 aliphatic rings. The van der Waals surface area contributed by atoms with Crippen molar-refractivity contribution in [1.82, 2.24) is 5.43 Å². The summed E-state index contributed by atoms with van der Waals surface area (Å²) in [6.45, 7) is 5.43. The van der Waals surface area contributed by atoms with Crippen LogP contribution in [0.1, 0.15) is 24.5 Å². The number of nitrogens with one attached hydrogen (secondary N) is 2. The monoisotopic (exact) mass is 339 g/mol. The minimum absolute atomic E-state index is 0.0660. The molecule has 1 aromatic rings. The van der Waals surface area contributed by atoms with E-state index < -0.39 is 29.2 Å². The maximum absolute atomic E-state index is 12.9. The number of anilines is 1. The first-order valence-corrected chi connectivity index (χ1v) is 6.54. The molecule has 128 valence electrons. The summed E-state index contributed by atoms with van der Waals surface area (Å²) < 4.78 is 76.5. The topological polar surface area (TPSA) is 36.4 Å². The van der Waals surface area contributed by atoms with Gasteiger partial charge in [-0.2, -0.15) is 26.3 Å². The maximum atomic E-state index is 12.9.